The smallest absolute Gasteiger partial charge is 0.395 e. The fourth-order valence-electron chi connectivity index (χ4n) is 4.00. The van der Waals surface area contributed by atoms with Gasteiger partial charge in [-0.3, -0.25) is 4.79 Å². The summed E-state index contributed by atoms with van der Waals surface area (Å²) in [6.45, 7) is 0.599. The zero-order chi connectivity index (χ0) is 23.6. The van der Waals surface area contributed by atoms with Crippen molar-refractivity contribution in [1.82, 2.24) is 10.3 Å². The summed E-state index contributed by atoms with van der Waals surface area (Å²) >= 11 is 0. The molecule has 2 N–H and O–H groups in total. The van der Waals surface area contributed by atoms with E-state index in [1.807, 2.05) is 11.0 Å². The molecule has 0 aliphatic carbocycles. The van der Waals surface area contributed by atoms with E-state index in [1.165, 1.54) is 6.07 Å². The molecule has 5 nitrogen and oxygen atoms in total. The Labute approximate surface area is 187 Å². The van der Waals surface area contributed by atoms with Crippen LogP contribution < -0.4 is 10.2 Å². The van der Waals surface area contributed by atoms with E-state index in [-0.39, 0.29) is 25.5 Å². The Morgan fingerprint density at radius 1 is 1.12 bits per heavy atom. The van der Waals surface area contributed by atoms with Gasteiger partial charge in [0.1, 0.15) is 11.6 Å². The minimum Gasteiger partial charge on any atom is -0.395 e. The predicted octanol–water partition coefficient (Wildman–Crippen LogP) is 4.25. The number of alkyl halides is 3. The molecule has 0 fully saturated rings. The molecule has 1 aromatic heterocycles. The summed E-state index contributed by atoms with van der Waals surface area (Å²) < 4.78 is 52.7. The Balaban J connectivity index is 1.59. The normalized spacial score (nSPS) is 13.2. The van der Waals surface area contributed by atoms with Crippen LogP contribution in [-0.2, 0) is 19.0 Å². The first kappa shape index (κ1) is 22.7. The molecule has 2 heterocycles. The van der Waals surface area contributed by atoms with Crippen LogP contribution >= 0.6 is 0 Å². The number of rotatable bonds is 6. The molecule has 1 aliphatic heterocycles. The average molecular weight is 459 g/mol. The lowest BCUT2D eigenvalue weighted by atomic mass is 10.0. The number of carbonyl (C=O) groups is 1. The second-order valence-electron chi connectivity index (χ2n) is 7.70. The lowest BCUT2D eigenvalue weighted by Gasteiger charge is -2.19. The van der Waals surface area contributed by atoms with E-state index >= 15 is 0 Å². The Morgan fingerprint density at radius 2 is 1.91 bits per heavy atom. The van der Waals surface area contributed by atoms with E-state index in [1.54, 1.807) is 30.5 Å². The number of fused-ring (bicyclic) bond motifs is 1. The fourth-order valence-corrected chi connectivity index (χ4v) is 4.00. The largest absolute Gasteiger partial charge is 0.419 e. The second-order valence-corrected chi connectivity index (χ2v) is 7.70. The van der Waals surface area contributed by atoms with Gasteiger partial charge in [-0.05, 0) is 65.9 Å². The van der Waals surface area contributed by atoms with Crippen LogP contribution in [0.3, 0.4) is 0 Å². The van der Waals surface area contributed by atoms with Gasteiger partial charge >= 0.3 is 6.18 Å². The molecular formula is C24H21F4N3O2. The summed E-state index contributed by atoms with van der Waals surface area (Å²) in [6, 6.07) is 11.9. The highest BCUT2D eigenvalue weighted by Crippen LogP contribution is 2.36. The summed E-state index contributed by atoms with van der Waals surface area (Å²) in [6.07, 6.45) is -2.38. The molecule has 2 aromatic carbocycles. The third-order valence-electron chi connectivity index (χ3n) is 5.50. The number of aliphatic hydroxyl groups is 1. The van der Waals surface area contributed by atoms with Crippen LogP contribution in [0.2, 0.25) is 0 Å². The number of aliphatic hydroxyl groups excluding tert-OH is 1. The number of nitrogens with zero attached hydrogens (tertiary/aromatic N) is 2. The Kier molecular flexibility index (Phi) is 6.33. The molecule has 4 rings (SSSR count). The molecule has 0 bridgehead atoms. The van der Waals surface area contributed by atoms with Gasteiger partial charge in [-0.15, -0.1) is 0 Å². The first-order valence-electron chi connectivity index (χ1n) is 10.4. The average Bonchev–Trinajstić information content (AvgIpc) is 3.22. The maximum Gasteiger partial charge on any atom is 0.419 e. The standard InChI is InChI=1S/C24H21F4N3O2/c25-20-5-4-15(13-19(20)24(26,27)28)12-16-6-8-29-22(14-16)31-10-7-17-18(2-1-3-21(17)31)23(33)30-9-11-32/h1-6,8,13-14,32H,7,9-12H2,(H,30,33). The van der Waals surface area contributed by atoms with Gasteiger partial charge < -0.3 is 15.3 Å². The van der Waals surface area contributed by atoms with Crippen LogP contribution in [0.4, 0.5) is 29.1 Å². The zero-order valence-corrected chi connectivity index (χ0v) is 17.5. The van der Waals surface area contributed by atoms with Gasteiger partial charge in [-0.1, -0.05) is 12.1 Å². The highest BCUT2D eigenvalue weighted by Gasteiger charge is 2.34. The minimum absolute atomic E-state index is 0.151. The fraction of sp³-hybridized carbons (Fsp3) is 0.250. The van der Waals surface area contributed by atoms with E-state index in [4.69, 9.17) is 5.11 Å². The molecule has 0 saturated carbocycles. The molecule has 33 heavy (non-hydrogen) atoms. The molecule has 1 amide bonds. The van der Waals surface area contributed by atoms with Crippen LogP contribution in [0, 0.1) is 5.82 Å². The van der Waals surface area contributed by atoms with Crippen LogP contribution in [0.15, 0.2) is 54.7 Å². The number of carbonyl (C=O) groups excluding carboxylic acids is 1. The van der Waals surface area contributed by atoms with Gasteiger partial charge in [0.15, 0.2) is 0 Å². The van der Waals surface area contributed by atoms with Crippen LogP contribution in [0.5, 0.6) is 0 Å². The molecule has 9 heteroatoms. The second kappa shape index (κ2) is 9.19. The molecule has 0 spiro atoms. The Hall–Kier alpha value is -3.46. The first-order chi connectivity index (χ1) is 15.8. The first-order valence-corrected chi connectivity index (χ1v) is 10.4. The van der Waals surface area contributed by atoms with Crippen molar-refractivity contribution in [3.63, 3.8) is 0 Å². The molecule has 0 unspecified atom stereocenters. The van der Waals surface area contributed by atoms with E-state index in [0.29, 0.717) is 29.9 Å². The van der Waals surface area contributed by atoms with Crippen LogP contribution in [-0.4, -0.2) is 35.7 Å². The van der Waals surface area contributed by atoms with Crippen molar-refractivity contribution in [3.05, 3.63) is 88.4 Å². The zero-order valence-electron chi connectivity index (χ0n) is 17.5. The summed E-state index contributed by atoms with van der Waals surface area (Å²) in [5.41, 5.74) is 2.02. The van der Waals surface area contributed by atoms with E-state index in [2.05, 4.69) is 10.3 Å². The molecule has 0 saturated heterocycles. The number of anilines is 2. The van der Waals surface area contributed by atoms with Crippen LogP contribution in [0.25, 0.3) is 0 Å². The summed E-state index contributed by atoms with van der Waals surface area (Å²) in [7, 11) is 0. The van der Waals surface area contributed by atoms with Gasteiger partial charge in [0, 0.05) is 30.5 Å². The number of hydrogen-bond acceptors (Lipinski definition) is 4. The monoisotopic (exact) mass is 459 g/mol. The number of aromatic nitrogens is 1. The minimum atomic E-state index is -4.76. The number of halogens is 4. The Morgan fingerprint density at radius 3 is 2.67 bits per heavy atom. The third kappa shape index (κ3) is 4.83. The third-order valence-corrected chi connectivity index (χ3v) is 5.50. The summed E-state index contributed by atoms with van der Waals surface area (Å²) in [5.74, 6) is -0.951. The molecule has 0 atom stereocenters. The lowest BCUT2D eigenvalue weighted by molar-refractivity contribution is -0.140. The van der Waals surface area contributed by atoms with Crippen molar-refractivity contribution < 1.29 is 27.5 Å². The number of pyridine rings is 1. The predicted molar refractivity (Wildman–Crippen MR) is 115 cm³/mol. The van der Waals surface area contributed by atoms with Gasteiger partial charge in [-0.2, -0.15) is 13.2 Å². The summed E-state index contributed by atoms with van der Waals surface area (Å²) in [4.78, 5) is 18.8. The highest BCUT2D eigenvalue weighted by molar-refractivity contribution is 5.98. The quantitative estimate of drug-likeness (QED) is 0.541. The summed E-state index contributed by atoms with van der Waals surface area (Å²) in [5, 5.41) is 11.6. The van der Waals surface area contributed by atoms with Crippen molar-refractivity contribution in [1.29, 1.82) is 0 Å². The van der Waals surface area contributed by atoms with Crippen molar-refractivity contribution in [2.75, 3.05) is 24.6 Å². The highest BCUT2D eigenvalue weighted by atomic mass is 19.4. The van der Waals surface area contributed by atoms with E-state index < -0.39 is 17.6 Å². The maximum absolute atomic E-state index is 13.6. The maximum atomic E-state index is 13.6. The van der Waals surface area contributed by atoms with E-state index in [0.717, 1.165) is 28.9 Å². The SMILES string of the molecule is O=C(NCCO)c1cccc2c1CCN2c1cc(Cc2ccc(F)c(C(F)(F)F)c2)ccn1. The van der Waals surface area contributed by atoms with Gasteiger partial charge in [0.05, 0.1) is 12.2 Å². The van der Waals surface area contributed by atoms with Crippen molar-refractivity contribution in [2.24, 2.45) is 0 Å². The van der Waals surface area contributed by atoms with Gasteiger partial charge in [0.25, 0.3) is 5.91 Å². The number of hydrogen-bond donors (Lipinski definition) is 2. The van der Waals surface area contributed by atoms with Gasteiger partial charge in [-0.25, -0.2) is 9.37 Å². The van der Waals surface area contributed by atoms with Crippen LogP contribution in [0.1, 0.15) is 32.6 Å². The molecule has 0 radical (unpaired) electrons. The van der Waals surface area contributed by atoms with Crippen molar-refractivity contribution >= 4 is 17.4 Å². The van der Waals surface area contributed by atoms with Crippen molar-refractivity contribution in [2.45, 2.75) is 19.0 Å². The molecule has 172 valence electrons. The number of benzene rings is 2. The van der Waals surface area contributed by atoms with Crippen molar-refractivity contribution in [3.8, 4) is 0 Å². The topological polar surface area (TPSA) is 65.5 Å². The number of amides is 1. The molecular weight excluding hydrogens is 438 g/mol. The molecule has 3 aromatic rings. The lowest BCUT2D eigenvalue weighted by Crippen LogP contribution is -2.27. The molecule has 1 aliphatic rings. The van der Waals surface area contributed by atoms with E-state index in [9.17, 15) is 22.4 Å². The van der Waals surface area contributed by atoms with Gasteiger partial charge in [0.2, 0.25) is 0 Å². The Bertz CT molecular complexity index is 1180. The number of nitrogens with one attached hydrogen (secondary N) is 1.